The number of amides is 1. The highest BCUT2D eigenvalue weighted by Crippen LogP contribution is 2.29. The lowest BCUT2D eigenvalue weighted by molar-refractivity contribution is -0.115. The lowest BCUT2D eigenvalue weighted by Gasteiger charge is -2.22. The summed E-state index contributed by atoms with van der Waals surface area (Å²) in [6, 6.07) is 17.5. The van der Waals surface area contributed by atoms with Crippen molar-refractivity contribution in [3.05, 3.63) is 58.2 Å². The Hall–Kier alpha value is -1.36. The predicted octanol–water partition coefficient (Wildman–Crippen LogP) is 3.98. The van der Waals surface area contributed by atoms with E-state index in [2.05, 4.69) is 22.6 Å². The molecule has 0 N–H and O–H groups in total. The van der Waals surface area contributed by atoms with Gasteiger partial charge in [0.15, 0.2) is 0 Å². The molecule has 0 radical (unpaired) electrons. The van der Waals surface area contributed by atoms with E-state index in [4.69, 9.17) is 0 Å². The van der Waals surface area contributed by atoms with Crippen molar-refractivity contribution >= 4 is 39.9 Å². The maximum Gasteiger partial charge on any atom is 0.228 e. The van der Waals surface area contributed by atoms with Crippen LogP contribution in [0.15, 0.2) is 54.6 Å². The molecule has 0 fully saturated rings. The van der Waals surface area contributed by atoms with Gasteiger partial charge in [-0.3, -0.25) is 9.69 Å². The van der Waals surface area contributed by atoms with Gasteiger partial charge in [0.25, 0.3) is 0 Å². The number of carbonyl (C=O) groups is 1. The number of nitrogens with zero attached hydrogens (tertiary/aromatic N) is 1. The fourth-order valence-electron chi connectivity index (χ4n) is 1.70. The lowest BCUT2D eigenvalue weighted by Crippen LogP contribution is -2.23. The van der Waals surface area contributed by atoms with Crippen molar-refractivity contribution in [2.45, 2.75) is 6.92 Å². The van der Waals surface area contributed by atoms with Crippen LogP contribution in [-0.4, -0.2) is 5.91 Å². The number of rotatable bonds is 2. The van der Waals surface area contributed by atoms with Gasteiger partial charge in [0.1, 0.15) is 0 Å². The Morgan fingerprint density at radius 2 is 1.59 bits per heavy atom. The SMILES string of the molecule is CC(=O)N(c1ccccc1)c1ccccc1I. The molecule has 0 aromatic heterocycles. The fourth-order valence-corrected chi connectivity index (χ4v) is 2.33. The average Bonchev–Trinajstić information content (AvgIpc) is 2.33. The van der Waals surface area contributed by atoms with Gasteiger partial charge >= 0.3 is 0 Å². The molecule has 2 aromatic rings. The molecule has 0 aliphatic heterocycles. The molecule has 17 heavy (non-hydrogen) atoms. The van der Waals surface area contributed by atoms with Crippen molar-refractivity contribution in [3.8, 4) is 0 Å². The van der Waals surface area contributed by atoms with E-state index in [1.54, 1.807) is 11.8 Å². The van der Waals surface area contributed by atoms with Crippen molar-refractivity contribution in [1.29, 1.82) is 0 Å². The Morgan fingerprint density at radius 1 is 1.00 bits per heavy atom. The maximum atomic E-state index is 11.8. The molecule has 0 saturated heterocycles. The van der Waals surface area contributed by atoms with E-state index in [0.717, 1.165) is 14.9 Å². The van der Waals surface area contributed by atoms with Crippen LogP contribution in [0.4, 0.5) is 11.4 Å². The first-order valence-electron chi connectivity index (χ1n) is 5.30. The van der Waals surface area contributed by atoms with Crippen molar-refractivity contribution < 1.29 is 4.79 Å². The van der Waals surface area contributed by atoms with Crippen molar-refractivity contribution in [2.75, 3.05) is 4.90 Å². The topological polar surface area (TPSA) is 20.3 Å². The molecule has 0 atom stereocenters. The first-order valence-corrected chi connectivity index (χ1v) is 6.38. The van der Waals surface area contributed by atoms with E-state index in [1.807, 2.05) is 54.6 Å². The van der Waals surface area contributed by atoms with Crippen LogP contribution >= 0.6 is 22.6 Å². The number of benzene rings is 2. The van der Waals surface area contributed by atoms with Gasteiger partial charge in [-0.1, -0.05) is 30.3 Å². The van der Waals surface area contributed by atoms with Crippen LogP contribution in [0, 0.1) is 3.57 Å². The minimum Gasteiger partial charge on any atom is -0.280 e. The molecule has 0 aliphatic carbocycles. The zero-order valence-corrected chi connectivity index (χ0v) is 11.6. The summed E-state index contributed by atoms with van der Waals surface area (Å²) in [5, 5.41) is 0. The van der Waals surface area contributed by atoms with Gasteiger partial charge in [0.2, 0.25) is 5.91 Å². The fraction of sp³-hybridized carbons (Fsp3) is 0.0714. The largest absolute Gasteiger partial charge is 0.280 e. The minimum atomic E-state index is 0.0142. The molecule has 3 heteroatoms. The summed E-state index contributed by atoms with van der Waals surface area (Å²) in [4.78, 5) is 13.5. The van der Waals surface area contributed by atoms with Gasteiger partial charge in [-0.05, 0) is 46.9 Å². The summed E-state index contributed by atoms with van der Waals surface area (Å²) in [5.74, 6) is 0.0142. The standard InChI is InChI=1S/C14H12INO/c1-11(17)16(12-7-3-2-4-8-12)14-10-6-5-9-13(14)15/h2-10H,1H3. The highest BCUT2D eigenvalue weighted by Gasteiger charge is 2.15. The summed E-state index contributed by atoms with van der Waals surface area (Å²) >= 11 is 2.24. The number of para-hydroxylation sites is 2. The summed E-state index contributed by atoms with van der Waals surface area (Å²) in [5.41, 5.74) is 1.82. The van der Waals surface area contributed by atoms with E-state index >= 15 is 0 Å². The third kappa shape index (κ3) is 2.66. The van der Waals surface area contributed by atoms with Crippen molar-refractivity contribution in [3.63, 3.8) is 0 Å². The number of halogens is 1. The number of hydrogen-bond acceptors (Lipinski definition) is 1. The summed E-state index contributed by atoms with van der Waals surface area (Å²) in [6.07, 6.45) is 0. The van der Waals surface area contributed by atoms with Crippen LogP contribution in [0.5, 0.6) is 0 Å². The molecule has 2 rings (SSSR count). The molecule has 2 aromatic carbocycles. The minimum absolute atomic E-state index is 0.0142. The average molecular weight is 337 g/mol. The van der Waals surface area contributed by atoms with Gasteiger partial charge < -0.3 is 0 Å². The van der Waals surface area contributed by atoms with Gasteiger partial charge in [0, 0.05) is 16.2 Å². The Bertz CT molecular complexity index is 525. The number of carbonyl (C=O) groups excluding carboxylic acids is 1. The van der Waals surface area contributed by atoms with Gasteiger partial charge in [-0.15, -0.1) is 0 Å². The Morgan fingerprint density at radius 3 is 2.18 bits per heavy atom. The molecule has 1 amide bonds. The summed E-state index contributed by atoms with van der Waals surface area (Å²) < 4.78 is 1.06. The van der Waals surface area contributed by atoms with Gasteiger partial charge in [-0.2, -0.15) is 0 Å². The molecule has 86 valence electrons. The Labute approximate surface area is 114 Å². The molecule has 0 heterocycles. The zero-order chi connectivity index (χ0) is 12.3. The molecule has 0 saturated carbocycles. The smallest absolute Gasteiger partial charge is 0.228 e. The third-order valence-electron chi connectivity index (χ3n) is 2.42. The Kier molecular flexibility index (Phi) is 3.78. The molecular formula is C14H12INO. The van der Waals surface area contributed by atoms with Crippen LogP contribution in [-0.2, 0) is 4.79 Å². The maximum absolute atomic E-state index is 11.8. The third-order valence-corrected chi connectivity index (χ3v) is 3.33. The predicted molar refractivity (Wildman–Crippen MR) is 78.4 cm³/mol. The molecule has 0 bridgehead atoms. The second-order valence-corrected chi connectivity index (χ2v) is 4.80. The van der Waals surface area contributed by atoms with Crippen LogP contribution in [0.2, 0.25) is 0 Å². The van der Waals surface area contributed by atoms with E-state index in [-0.39, 0.29) is 5.91 Å². The van der Waals surface area contributed by atoms with E-state index in [0.29, 0.717) is 0 Å². The van der Waals surface area contributed by atoms with E-state index < -0.39 is 0 Å². The van der Waals surface area contributed by atoms with Gasteiger partial charge in [0.05, 0.1) is 5.69 Å². The van der Waals surface area contributed by atoms with Crippen LogP contribution in [0.1, 0.15) is 6.92 Å². The highest BCUT2D eigenvalue weighted by atomic mass is 127. The number of anilines is 2. The van der Waals surface area contributed by atoms with Gasteiger partial charge in [-0.25, -0.2) is 0 Å². The second kappa shape index (κ2) is 5.31. The van der Waals surface area contributed by atoms with Crippen LogP contribution in [0.25, 0.3) is 0 Å². The second-order valence-electron chi connectivity index (χ2n) is 3.64. The molecule has 0 spiro atoms. The van der Waals surface area contributed by atoms with E-state index in [9.17, 15) is 4.79 Å². The first-order chi connectivity index (χ1) is 8.20. The molecule has 0 aliphatic rings. The number of hydrogen-bond donors (Lipinski definition) is 0. The lowest BCUT2D eigenvalue weighted by atomic mass is 10.2. The highest BCUT2D eigenvalue weighted by molar-refractivity contribution is 14.1. The molecule has 2 nitrogen and oxygen atoms in total. The normalized spacial score (nSPS) is 10.0. The van der Waals surface area contributed by atoms with Crippen molar-refractivity contribution in [1.82, 2.24) is 0 Å². The Balaban J connectivity index is 2.51. The van der Waals surface area contributed by atoms with Crippen LogP contribution in [0.3, 0.4) is 0 Å². The quantitative estimate of drug-likeness (QED) is 0.759. The summed E-state index contributed by atoms with van der Waals surface area (Å²) in [6.45, 7) is 1.58. The monoisotopic (exact) mass is 337 g/mol. The zero-order valence-electron chi connectivity index (χ0n) is 9.43. The first kappa shape index (κ1) is 12.1. The molecular weight excluding hydrogens is 325 g/mol. The summed E-state index contributed by atoms with van der Waals surface area (Å²) in [7, 11) is 0. The van der Waals surface area contributed by atoms with E-state index in [1.165, 1.54) is 0 Å². The molecule has 0 unspecified atom stereocenters. The van der Waals surface area contributed by atoms with Crippen LogP contribution < -0.4 is 4.90 Å². The van der Waals surface area contributed by atoms with Crippen molar-refractivity contribution in [2.24, 2.45) is 0 Å².